The molecule has 4 aromatic carbocycles. The van der Waals surface area contributed by atoms with Crippen LogP contribution in [0.3, 0.4) is 0 Å². The highest BCUT2D eigenvalue weighted by molar-refractivity contribution is 6.32. The third-order valence-corrected chi connectivity index (χ3v) is 8.08. The van der Waals surface area contributed by atoms with Crippen LogP contribution in [0.15, 0.2) is 110 Å². The molecule has 0 bridgehead atoms. The molecule has 0 radical (unpaired) electrons. The molecule has 4 nitrogen and oxygen atoms in total. The molecule has 9 rings (SSSR count). The molecule has 0 saturated heterocycles. The molecule has 0 N–H and O–H groups in total. The van der Waals surface area contributed by atoms with Crippen molar-refractivity contribution in [3.63, 3.8) is 0 Å². The van der Waals surface area contributed by atoms with Gasteiger partial charge >= 0.3 is 0 Å². The zero-order chi connectivity index (χ0) is 24.1. The van der Waals surface area contributed by atoms with Gasteiger partial charge in [0, 0.05) is 51.2 Å². The van der Waals surface area contributed by atoms with E-state index in [4.69, 9.17) is 4.98 Å². The monoisotopic (exact) mass is 472 g/mol. The van der Waals surface area contributed by atoms with Gasteiger partial charge in [0.25, 0.3) is 0 Å². The molecular formula is C33H20N4. The van der Waals surface area contributed by atoms with E-state index in [1.807, 2.05) is 18.6 Å². The standard InChI is InChI=1S/C33H20N4/c1-2-9-21(10-3-1)37-26-13-7-6-12-23(26)29-28-22-11-5-4-8-20(22)18-25(28)31-30(32(29)37)24-14-15-34-19-27(24)36-17-16-35-33(31)36/h1-17,19H,18H2. The van der Waals surface area contributed by atoms with Crippen molar-refractivity contribution >= 4 is 49.1 Å². The maximum absolute atomic E-state index is 4.93. The number of fused-ring (bicyclic) bond motifs is 15. The first-order valence-electron chi connectivity index (χ1n) is 12.6. The van der Waals surface area contributed by atoms with Crippen molar-refractivity contribution in [1.29, 1.82) is 0 Å². The molecule has 0 aliphatic heterocycles. The Morgan fingerprint density at radius 3 is 2.43 bits per heavy atom. The van der Waals surface area contributed by atoms with E-state index < -0.39 is 0 Å². The van der Waals surface area contributed by atoms with E-state index in [-0.39, 0.29) is 0 Å². The summed E-state index contributed by atoms with van der Waals surface area (Å²) in [6.45, 7) is 0. The lowest BCUT2D eigenvalue weighted by atomic mass is 9.92. The van der Waals surface area contributed by atoms with E-state index in [1.54, 1.807) is 0 Å². The fourth-order valence-corrected chi connectivity index (χ4v) is 6.68. The molecule has 4 heterocycles. The van der Waals surface area contributed by atoms with Crippen molar-refractivity contribution in [3.05, 3.63) is 121 Å². The van der Waals surface area contributed by atoms with Crippen LogP contribution in [0.4, 0.5) is 0 Å². The minimum atomic E-state index is 0.905. The summed E-state index contributed by atoms with van der Waals surface area (Å²) in [6, 6.07) is 30.6. The summed E-state index contributed by atoms with van der Waals surface area (Å²) in [4.78, 5) is 9.43. The quantitative estimate of drug-likeness (QED) is 0.229. The molecular weight excluding hydrogens is 452 g/mol. The van der Waals surface area contributed by atoms with Gasteiger partial charge in [-0.2, -0.15) is 0 Å². The number of hydrogen-bond acceptors (Lipinski definition) is 2. The number of rotatable bonds is 1. The summed E-state index contributed by atoms with van der Waals surface area (Å²) in [6.07, 6.45) is 8.75. The van der Waals surface area contributed by atoms with Gasteiger partial charge in [-0.15, -0.1) is 0 Å². The second-order valence-electron chi connectivity index (χ2n) is 9.86. The molecule has 1 aliphatic carbocycles. The molecule has 0 fully saturated rings. The highest BCUT2D eigenvalue weighted by Gasteiger charge is 2.30. The van der Waals surface area contributed by atoms with Gasteiger partial charge in [-0.3, -0.25) is 9.38 Å². The van der Waals surface area contributed by atoms with Gasteiger partial charge in [0.15, 0.2) is 0 Å². The second-order valence-corrected chi connectivity index (χ2v) is 9.86. The second kappa shape index (κ2) is 6.83. The normalized spacial score (nSPS) is 12.8. The zero-order valence-electron chi connectivity index (χ0n) is 19.9. The zero-order valence-corrected chi connectivity index (χ0v) is 19.9. The Bertz CT molecular complexity index is 2220. The molecule has 4 heteroatoms. The summed E-state index contributed by atoms with van der Waals surface area (Å²) in [5, 5.41) is 6.28. The van der Waals surface area contributed by atoms with Gasteiger partial charge in [-0.1, -0.05) is 60.7 Å². The lowest BCUT2D eigenvalue weighted by molar-refractivity contribution is 1.18. The molecule has 37 heavy (non-hydrogen) atoms. The summed E-state index contributed by atoms with van der Waals surface area (Å²) < 4.78 is 4.66. The van der Waals surface area contributed by atoms with Crippen molar-refractivity contribution in [1.82, 2.24) is 18.9 Å². The van der Waals surface area contributed by atoms with Crippen molar-refractivity contribution in [2.45, 2.75) is 6.42 Å². The van der Waals surface area contributed by atoms with Gasteiger partial charge in [0.1, 0.15) is 5.65 Å². The predicted molar refractivity (Wildman–Crippen MR) is 151 cm³/mol. The number of imidazole rings is 1. The van der Waals surface area contributed by atoms with E-state index >= 15 is 0 Å². The van der Waals surface area contributed by atoms with E-state index in [0.29, 0.717) is 0 Å². The molecule has 172 valence electrons. The average Bonchev–Trinajstić information content (AvgIpc) is 3.67. The van der Waals surface area contributed by atoms with Crippen LogP contribution < -0.4 is 0 Å². The van der Waals surface area contributed by atoms with Crippen molar-refractivity contribution < 1.29 is 0 Å². The number of aromatic nitrogens is 4. The van der Waals surface area contributed by atoms with Crippen LogP contribution in [0.25, 0.3) is 65.9 Å². The highest BCUT2D eigenvalue weighted by Crippen LogP contribution is 2.51. The van der Waals surface area contributed by atoms with Crippen LogP contribution in [-0.4, -0.2) is 18.9 Å². The molecule has 4 aromatic heterocycles. The van der Waals surface area contributed by atoms with E-state index in [0.717, 1.165) is 23.3 Å². The van der Waals surface area contributed by atoms with E-state index in [2.05, 4.69) is 105 Å². The van der Waals surface area contributed by atoms with Gasteiger partial charge in [-0.25, -0.2) is 4.98 Å². The summed E-state index contributed by atoms with van der Waals surface area (Å²) in [7, 11) is 0. The largest absolute Gasteiger partial charge is 0.309 e. The maximum Gasteiger partial charge on any atom is 0.145 e. The SMILES string of the molecule is c1ccc(-n2c3ccccc3c3c4c(c5c(c6ccncc6n6ccnc56)c32)Cc2ccccc2-4)cc1. The Hall–Kier alpha value is -4.96. The number of hydrogen-bond donors (Lipinski definition) is 0. The van der Waals surface area contributed by atoms with Crippen molar-refractivity contribution in [3.8, 4) is 16.8 Å². The molecule has 0 saturated carbocycles. The minimum Gasteiger partial charge on any atom is -0.309 e. The van der Waals surface area contributed by atoms with Crippen LogP contribution in [0.2, 0.25) is 0 Å². The first-order chi connectivity index (χ1) is 18.4. The number of nitrogens with zero attached hydrogens (tertiary/aromatic N) is 4. The topological polar surface area (TPSA) is 35.1 Å². The third-order valence-electron chi connectivity index (χ3n) is 8.08. The molecule has 1 aliphatic rings. The first-order valence-corrected chi connectivity index (χ1v) is 12.6. The fraction of sp³-hybridized carbons (Fsp3) is 0.0303. The van der Waals surface area contributed by atoms with Crippen LogP contribution in [-0.2, 0) is 6.42 Å². The Labute approximate surface area is 212 Å². The average molecular weight is 473 g/mol. The van der Waals surface area contributed by atoms with Gasteiger partial charge in [-0.05, 0) is 52.9 Å². The van der Waals surface area contributed by atoms with Crippen molar-refractivity contribution in [2.24, 2.45) is 0 Å². The molecule has 0 atom stereocenters. The van der Waals surface area contributed by atoms with Crippen LogP contribution in [0.1, 0.15) is 11.1 Å². The molecule has 0 unspecified atom stereocenters. The van der Waals surface area contributed by atoms with E-state index in [1.165, 1.54) is 60.2 Å². The number of para-hydroxylation sites is 2. The Morgan fingerprint density at radius 1 is 0.676 bits per heavy atom. The van der Waals surface area contributed by atoms with Gasteiger partial charge < -0.3 is 4.57 Å². The van der Waals surface area contributed by atoms with Crippen molar-refractivity contribution in [2.75, 3.05) is 0 Å². The predicted octanol–water partition coefficient (Wildman–Crippen LogP) is 7.70. The fourth-order valence-electron chi connectivity index (χ4n) is 6.68. The number of benzene rings is 4. The highest BCUT2D eigenvalue weighted by atomic mass is 15.0. The Kier molecular flexibility index (Phi) is 3.55. The number of pyridine rings is 2. The first kappa shape index (κ1) is 19.3. The van der Waals surface area contributed by atoms with Gasteiger partial charge in [0.2, 0.25) is 0 Å². The lowest BCUT2D eigenvalue weighted by Gasteiger charge is -2.16. The summed E-state index contributed by atoms with van der Waals surface area (Å²) >= 11 is 0. The minimum absolute atomic E-state index is 0.905. The smallest absolute Gasteiger partial charge is 0.145 e. The molecule has 0 spiro atoms. The lowest BCUT2D eigenvalue weighted by Crippen LogP contribution is -1.99. The van der Waals surface area contributed by atoms with E-state index in [9.17, 15) is 0 Å². The van der Waals surface area contributed by atoms with Gasteiger partial charge in [0.05, 0.1) is 22.7 Å². The molecule has 0 amide bonds. The summed E-state index contributed by atoms with van der Waals surface area (Å²) in [5.41, 5.74) is 11.1. The van der Waals surface area contributed by atoms with Crippen LogP contribution in [0.5, 0.6) is 0 Å². The van der Waals surface area contributed by atoms with Crippen LogP contribution >= 0.6 is 0 Å². The Morgan fingerprint density at radius 2 is 1.49 bits per heavy atom. The Balaban J connectivity index is 1.70. The summed E-state index contributed by atoms with van der Waals surface area (Å²) in [5.74, 6) is 0. The third kappa shape index (κ3) is 2.33. The maximum atomic E-state index is 4.93. The van der Waals surface area contributed by atoms with Crippen LogP contribution in [0, 0.1) is 0 Å². The molecule has 8 aromatic rings.